The molecule has 0 saturated heterocycles. The Hall–Kier alpha value is -1.15. The van der Waals surface area contributed by atoms with E-state index >= 15 is 0 Å². The largest absolute Gasteiger partial charge is 0.411 e. The van der Waals surface area contributed by atoms with Crippen LogP contribution in [0.4, 0.5) is 13.2 Å². The molecule has 1 saturated carbocycles. The summed E-state index contributed by atoms with van der Waals surface area (Å²) in [5, 5.41) is 3.64. The average Bonchev–Trinajstić information content (AvgIpc) is 2.95. The number of nitrogens with two attached hydrogens (primary N) is 1. The summed E-state index contributed by atoms with van der Waals surface area (Å²) in [5.74, 6) is 0.539. The van der Waals surface area contributed by atoms with Crippen molar-refractivity contribution in [2.75, 3.05) is 13.2 Å². The highest BCUT2D eigenvalue weighted by molar-refractivity contribution is 5.08. The molecular formula is C11H16F3N3O2. The van der Waals surface area contributed by atoms with Crippen molar-refractivity contribution in [1.29, 1.82) is 0 Å². The lowest BCUT2D eigenvalue weighted by Gasteiger charge is -2.21. The molecule has 0 aliphatic heterocycles. The number of hydrogen-bond acceptors (Lipinski definition) is 5. The summed E-state index contributed by atoms with van der Waals surface area (Å²) in [6, 6.07) is 0. The molecule has 0 bridgehead atoms. The Kier molecular flexibility index (Phi) is 4.10. The predicted molar refractivity (Wildman–Crippen MR) is 59.2 cm³/mol. The topological polar surface area (TPSA) is 74.2 Å². The maximum atomic E-state index is 11.9. The van der Waals surface area contributed by atoms with Crippen LogP contribution in [-0.4, -0.2) is 29.5 Å². The first kappa shape index (κ1) is 14.3. The number of aromatic nitrogens is 2. The van der Waals surface area contributed by atoms with Crippen LogP contribution in [0.15, 0.2) is 4.52 Å². The van der Waals surface area contributed by atoms with E-state index in [0.29, 0.717) is 12.4 Å². The second kappa shape index (κ2) is 5.46. The van der Waals surface area contributed by atoms with Crippen molar-refractivity contribution in [3.8, 4) is 0 Å². The second-order valence-corrected chi connectivity index (χ2v) is 4.82. The molecule has 19 heavy (non-hydrogen) atoms. The summed E-state index contributed by atoms with van der Waals surface area (Å²) in [4.78, 5) is 4.10. The van der Waals surface area contributed by atoms with Crippen molar-refractivity contribution in [2.24, 2.45) is 5.73 Å². The van der Waals surface area contributed by atoms with Crippen LogP contribution < -0.4 is 5.73 Å². The number of alkyl halides is 3. The number of ether oxygens (including phenoxy) is 1. The van der Waals surface area contributed by atoms with Crippen LogP contribution in [0.1, 0.15) is 37.4 Å². The fourth-order valence-electron chi connectivity index (χ4n) is 2.34. The quantitative estimate of drug-likeness (QED) is 0.891. The molecule has 1 aromatic rings. The van der Waals surface area contributed by atoms with Gasteiger partial charge in [0.2, 0.25) is 5.89 Å². The molecule has 2 N–H and O–H groups in total. The van der Waals surface area contributed by atoms with E-state index in [0.717, 1.165) is 25.7 Å². The SMILES string of the molecule is NCC1(c2nc(COCC(F)(F)F)no2)CCCC1. The molecule has 0 atom stereocenters. The number of halogens is 3. The molecular weight excluding hydrogens is 263 g/mol. The van der Waals surface area contributed by atoms with E-state index in [1.807, 2.05) is 0 Å². The van der Waals surface area contributed by atoms with Gasteiger partial charge in [0, 0.05) is 6.54 Å². The Balaban J connectivity index is 1.95. The zero-order chi connectivity index (χ0) is 13.9. The molecule has 1 aliphatic carbocycles. The number of nitrogens with zero attached hydrogens (tertiary/aromatic N) is 2. The zero-order valence-electron chi connectivity index (χ0n) is 10.4. The van der Waals surface area contributed by atoms with Gasteiger partial charge in [0.1, 0.15) is 13.2 Å². The van der Waals surface area contributed by atoms with E-state index in [4.69, 9.17) is 10.3 Å². The lowest BCUT2D eigenvalue weighted by atomic mass is 9.86. The van der Waals surface area contributed by atoms with Crippen molar-refractivity contribution in [3.63, 3.8) is 0 Å². The Morgan fingerprint density at radius 1 is 1.32 bits per heavy atom. The van der Waals surface area contributed by atoms with Crippen molar-refractivity contribution < 1.29 is 22.4 Å². The van der Waals surface area contributed by atoms with Gasteiger partial charge in [-0.3, -0.25) is 0 Å². The van der Waals surface area contributed by atoms with E-state index in [-0.39, 0.29) is 17.8 Å². The third-order valence-electron chi connectivity index (χ3n) is 3.37. The van der Waals surface area contributed by atoms with E-state index in [1.165, 1.54) is 0 Å². The van der Waals surface area contributed by atoms with Crippen LogP contribution in [0.3, 0.4) is 0 Å². The van der Waals surface area contributed by atoms with Gasteiger partial charge in [-0.1, -0.05) is 18.0 Å². The Morgan fingerprint density at radius 3 is 2.58 bits per heavy atom. The van der Waals surface area contributed by atoms with Crippen molar-refractivity contribution in [1.82, 2.24) is 10.1 Å². The summed E-state index contributed by atoms with van der Waals surface area (Å²) in [6.45, 7) is -1.24. The van der Waals surface area contributed by atoms with E-state index in [9.17, 15) is 13.2 Å². The fraction of sp³-hybridized carbons (Fsp3) is 0.818. The number of rotatable bonds is 5. The highest BCUT2D eigenvalue weighted by Gasteiger charge is 2.39. The zero-order valence-corrected chi connectivity index (χ0v) is 10.4. The van der Waals surface area contributed by atoms with Gasteiger partial charge in [-0.05, 0) is 12.8 Å². The predicted octanol–water partition coefficient (Wildman–Crippen LogP) is 1.92. The molecule has 0 radical (unpaired) electrons. The van der Waals surface area contributed by atoms with Crippen molar-refractivity contribution in [3.05, 3.63) is 11.7 Å². The molecule has 1 fully saturated rings. The van der Waals surface area contributed by atoms with Crippen molar-refractivity contribution >= 4 is 0 Å². The molecule has 8 heteroatoms. The Morgan fingerprint density at radius 2 is 2.00 bits per heavy atom. The fourth-order valence-corrected chi connectivity index (χ4v) is 2.34. The van der Waals surface area contributed by atoms with Crippen LogP contribution in [-0.2, 0) is 16.8 Å². The van der Waals surface area contributed by atoms with Gasteiger partial charge in [0.25, 0.3) is 0 Å². The summed E-state index contributed by atoms with van der Waals surface area (Å²) < 4.78 is 45.4. The van der Waals surface area contributed by atoms with Gasteiger partial charge in [-0.25, -0.2) is 0 Å². The van der Waals surface area contributed by atoms with Crippen LogP contribution in [0, 0.1) is 0 Å². The lowest BCUT2D eigenvalue weighted by Crippen LogP contribution is -2.32. The smallest absolute Gasteiger partial charge is 0.364 e. The Labute approximate surface area is 108 Å². The molecule has 5 nitrogen and oxygen atoms in total. The molecule has 0 unspecified atom stereocenters. The molecule has 1 heterocycles. The van der Waals surface area contributed by atoms with Crippen LogP contribution >= 0.6 is 0 Å². The monoisotopic (exact) mass is 279 g/mol. The minimum atomic E-state index is -4.35. The summed E-state index contributed by atoms with van der Waals surface area (Å²) in [7, 11) is 0. The van der Waals surface area contributed by atoms with Gasteiger partial charge in [0.05, 0.1) is 5.41 Å². The molecule has 108 valence electrons. The van der Waals surface area contributed by atoms with Gasteiger partial charge < -0.3 is 15.0 Å². The first-order chi connectivity index (χ1) is 8.95. The first-order valence-electron chi connectivity index (χ1n) is 6.13. The highest BCUT2D eigenvalue weighted by Crippen LogP contribution is 2.39. The molecule has 0 amide bonds. The summed E-state index contributed by atoms with van der Waals surface area (Å²) in [5.41, 5.74) is 5.45. The molecule has 0 aromatic carbocycles. The van der Waals surface area contributed by atoms with E-state index in [1.54, 1.807) is 0 Å². The highest BCUT2D eigenvalue weighted by atomic mass is 19.4. The van der Waals surface area contributed by atoms with Gasteiger partial charge >= 0.3 is 6.18 Å². The maximum absolute atomic E-state index is 11.9. The standard InChI is InChI=1S/C11H16F3N3O2/c12-11(13,14)7-18-5-8-16-9(19-17-8)10(6-15)3-1-2-4-10/h1-7,15H2. The van der Waals surface area contributed by atoms with Gasteiger partial charge in [-0.15, -0.1) is 0 Å². The third kappa shape index (κ3) is 3.44. The molecule has 0 spiro atoms. The minimum absolute atomic E-state index is 0.124. The molecule has 1 aliphatic rings. The third-order valence-corrected chi connectivity index (χ3v) is 3.37. The van der Waals surface area contributed by atoms with Crippen LogP contribution in [0.25, 0.3) is 0 Å². The van der Waals surface area contributed by atoms with Gasteiger partial charge in [-0.2, -0.15) is 18.2 Å². The van der Waals surface area contributed by atoms with Crippen LogP contribution in [0.2, 0.25) is 0 Å². The summed E-state index contributed by atoms with van der Waals surface area (Å²) >= 11 is 0. The minimum Gasteiger partial charge on any atom is -0.364 e. The van der Waals surface area contributed by atoms with Gasteiger partial charge in [0.15, 0.2) is 5.82 Å². The second-order valence-electron chi connectivity index (χ2n) is 4.82. The molecule has 2 rings (SSSR count). The summed E-state index contributed by atoms with van der Waals surface area (Å²) in [6.07, 6.45) is -0.529. The van der Waals surface area contributed by atoms with E-state index in [2.05, 4.69) is 14.9 Å². The normalized spacial score (nSPS) is 18.9. The average molecular weight is 279 g/mol. The van der Waals surface area contributed by atoms with Crippen molar-refractivity contribution in [2.45, 2.75) is 43.9 Å². The maximum Gasteiger partial charge on any atom is 0.411 e. The van der Waals surface area contributed by atoms with Crippen LogP contribution in [0.5, 0.6) is 0 Å². The molecule has 1 aromatic heterocycles. The Bertz CT molecular complexity index is 414. The van der Waals surface area contributed by atoms with E-state index < -0.39 is 12.8 Å². The lowest BCUT2D eigenvalue weighted by molar-refractivity contribution is -0.177. The first-order valence-corrected chi connectivity index (χ1v) is 6.13. The number of hydrogen-bond donors (Lipinski definition) is 1.